The average molecular weight is 408 g/mol. The molecule has 30 heavy (non-hydrogen) atoms. The van der Waals surface area contributed by atoms with Gasteiger partial charge in [0.25, 0.3) is 0 Å². The number of hydrogen-bond acceptors (Lipinski definition) is 4. The Morgan fingerprint density at radius 1 is 0.900 bits per heavy atom. The molecule has 3 aromatic rings. The number of carbonyl (C=O) groups excluding carboxylic acids is 1. The van der Waals surface area contributed by atoms with Crippen LogP contribution in [0.4, 0.5) is 0 Å². The van der Waals surface area contributed by atoms with Crippen LogP contribution < -0.4 is 14.2 Å². The molecule has 0 radical (unpaired) electrons. The summed E-state index contributed by atoms with van der Waals surface area (Å²) in [6, 6.07) is 15.7. The van der Waals surface area contributed by atoms with E-state index in [4.69, 9.17) is 14.2 Å². The third kappa shape index (κ3) is 4.85. The fraction of sp³-hybridized carbons (Fsp3) is 0.320. The summed E-state index contributed by atoms with van der Waals surface area (Å²) >= 11 is 0. The van der Waals surface area contributed by atoms with Crippen LogP contribution in [-0.4, -0.2) is 31.2 Å². The van der Waals surface area contributed by atoms with Crippen molar-refractivity contribution in [3.05, 3.63) is 76.6 Å². The maximum Gasteiger partial charge on any atom is 0.202 e. The van der Waals surface area contributed by atoms with Crippen molar-refractivity contribution in [1.29, 1.82) is 0 Å². The van der Waals surface area contributed by atoms with E-state index in [0.29, 0.717) is 17.1 Å². The van der Waals surface area contributed by atoms with Crippen LogP contribution in [0.5, 0.6) is 17.2 Å². The number of aromatic nitrogens is 1. The highest BCUT2D eigenvalue weighted by molar-refractivity contribution is 5.98. The van der Waals surface area contributed by atoms with Gasteiger partial charge in [-0.1, -0.05) is 18.2 Å². The summed E-state index contributed by atoms with van der Waals surface area (Å²) in [4.78, 5) is 12.8. The first kappa shape index (κ1) is 21.5. The van der Waals surface area contributed by atoms with Crippen molar-refractivity contribution in [2.75, 3.05) is 20.8 Å². The van der Waals surface area contributed by atoms with Gasteiger partial charge in [-0.25, -0.2) is 0 Å². The van der Waals surface area contributed by atoms with Crippen LogP contribution in [0.15, 0.2) is 48.5 Å². The van der Waals surface area contributed by atoms with E-state index in [9.17, 15) is 4.79 Å². The largest absolute Gasteiger partial charge is 0.497 e. The zero-order valence-electron chi connectivity index (χ0n) is 18.3. The summed E-state index contributed by atoms with van der Waals surface area (Å²) in [7, 11) is 3.26. The Morgan fingerprint density at radius 2 is 1.63 bits per heavy atom. The van der Waals surface area contributed by atoms with Gasteiger partial charge in [0.2, 0.25) is 5.78 Å². The summed E-state index contributed by atoms with van der Waals surface area (Å²) in [6.45, 7) is 6.78. The molecule has 0 fully saturated rings. The van der Waals surface area contributed by atoms with E-state index < -0.39 is 0 Å². The molecule has 1 heterocycles. The molecular weight excluding hydrogens is 378 g/mol. The molecule has 0 saturated carbocycles. The van der Waals surface area contributed by atoms with Crippen LogP contribution >= 0.6 is 0 Å². The maximum absolute atomic E-state index is 12.8. The number of hydrogen-bond donors (Lipinski definition) is 0. The Kier molecular flexibility index (Phi) is 6.83. The van der Waals surface area contributed by atoms with E-state index in [1.165, 1.54) is 5.56 Å². The highest BCUT2D eigenvalue weighted by Crippen LogP contribution is 2.28. The van der Waals surface area contributed by atoms with Gasteiger partial charge in [0.05, 0.1) is 14.2 Å². The van der Waals surface area contributed by atoms with Crippen molar-refractivity contribution in [1.82, 2.24) is 4.57 Å². The predicted octanol–water partition coefficient (Wildman–Crippen LogP) is 4.93. The molecule has 5 heteroatoms. The Labute approximate surface area is 178 Å². The number of methoxy groups -OCH3 is 2. The molecule has 0 aliphatic carbocycles. The molecular formula is C25H29NO4. The molecule has 0 bridgehead atoms. The van der Waals surface area contributed by atoms with E-state index in [0.717, 1.165) is 35.7 Å². The molecule has 3 rings (SSSR count). The number of aryl methyl sites for hydroxylation is 3. The number of benzene rings is 2. The number of ketones is 1. The van der Waals surface area contributed by atoms with Gasteiger partial charge in [-0.05, 0) is 68.7 Å². The minimum atomic E-state index is -0.0403. The zero-order chi connectivity index (χ0) is 21.7. The van der Waals surface area contributed by atoms with E-state index in [1.807, 2.05) is 57.2 Å². The third-order valence-corrected chi connectivity index (χ3v) is 5.34. The number of Topliss-reactive ketones (excluding diaryl/α,β-unsaturated/α-hetero) is 1. The van der Waals surface area contributed by atoms with Crippen LogP contribution in [0.1, 0.15) is 32.9 Å². The standard InChI is InChI=1S/C25H29NO4/c1-17-6-11-24(25(14-17)29-5)30-16-23(27)22-15-18(2)26(19(22)3)13-12-20-7-9-21(28-4)10-8-20/h6-11,14-15H,12-13,16H2,1-5H3. The van der Waals surface area contributed by atoms with Crippen molar-refractivity contribution < 1.29 is 19.0 Å². The maximum atomic E-state index is 12.8. The smallest absolute Gasteiger partial charge is 0.202 e. The second-order valence-electron chi connectivity index (χ2n) is 7.40. The van der Waals surface area contributed by atoms with Gasteiger partial charge >= 0.3 is 0 Å². The van der Waals surface area contributed by atoms with Crippen molar-refractivity contribution in [2.45, 2.75) is 33.7 Å². The van der Waals surface area contributed by atoms with Crippen LogP contribution in [-0.2, 0) is 13.0 Å². The normalized spacial score (nSPS) is 10.7. The Hall–Kier alpha value is -3.21. The predicted molar refractivity (Wildman–Crippen MR) is 118 cm³/mol. The molecule has 0 N–H and O–H groups in total. The lowest BCUT2D eigenvalue weighted by Crippen LogP contribution is -2.13. The highest BCUT2D eigenvalue weighted by atomic mass is 16.5. The quantitative estimate of drug-likeness (QED) is 0.472. The zero-order valence-corrected chi connectivity index (χ0v) is 18.3. The van der Waals surface area contributed by atoms with E-state index in [-0.39, 0.29) is 12.4 Å². The second kappa shape index (κ2) is 9.53. The van der Waals surface area contributed by atoms with Gasteiger partial charge in [-0.15, -0.1) is 0 Å². The molecule has 2 aromatic carbocycles. The lowest BCUT2D eigenvalue weighted by Gasteiger charge is -2.12. The van der Waals surface area contributed by atoms with Gasteiger partial charge in [0.15, 0.2) is 18.1 Å². The monoisotopic (exact) mass is 407 g/mol. The van der Waals surface area contributed by atoms with Gasteiger partial charge in [0, 0.05) is 23.5 Å². The minimum Gasteiger partial charge on any atom is -0.497 e. The van der Waals surface area contributed by atoms with Gasteiger partial charge in [-0.2, -0.15) is 0 Å². The van der Waals surface area contributed by atoms with Crippen molar-refractivity contribution in [3.63, 3.8) is 0 Å². The molecule has 0 aliphatic rings. The summed E-state index contributed by atoms with van der Waals surface area (Å²) < 4.78 is 18.5. The minimum absolute atomic E-state index is 0.0256. The molecule has 0 unspecified atom stereocenters. The van der Waals surface area contributed by atoms with E-state index in [1.54, 1.807) is 14.2 Å². The lowest BCUT2D eigenvalue weighted by atomic mass is 10.1. The average Bonchev–Trinajstić information content (AvgIpc) is 3.04. The first-order valence-electron chi connectivity index (χ1n) is 10.0. The summed E-state index contributed by atoms with van der Waals surface area (Å²) in [5.41, 5.74) is 5.04. The lowest BCUT2D eigenvalue weighted by molar-refractivity contribution is 0.0918. The van der Waals surface area contributed by atoms with E-state index in [2.05, 4.69) is 16.7 Å². The Morgan fingerprint density at radius 3 is 2.30 bits per heavy atom. The highest BCUT2D eigenvalue weighted by Gasteiger charge is 2.17. The molecule has 5 nitrogen and oxygen atoms in total. The third-order valence-electron chi connectivity index (χ3n) is 5.34. The molecule has 1 aromatic heterocycles. The summed E-state index contributed by atoms with van der Waals surface area (Å²) in [5.74, 6) is 2.02. The molecule has 0 spiro atoms. The SMILES string of the molecule is COc1ccc(CCn2c(C)cc(C(=O)COc3ccc(C)cc3OC)c2C)cc1. The van der Waals surface area contributed by atoms with Crippen LogP contribution in [0, 0.1) is 20.8 Å². The number of carbonyl (C=O) groups is 1. The Bertz CT molecular complexity index is 1020. The molecule has 0 aliphatic heterocycles. The van der Waals surface area contributed by atoms with Crippen LogP contribution in [0.2, 0.25) is 0 Å². The number of rotatable bonds is 9. The van der Waals surface area contributed by atoms with E-state index >= 15 is 0 Å². The molecule has 158 valence electrons. The van der Waals surface area contributed by atoms with Gasteiger partial charge in [-0.3, -0.25) is 4.79 Å². The first-order chi connectivity index (χ1) is 14.4. The van der Waals surface area contributed by atoms with Gasteiger partial charge < -0.3 is 18.8 Å². The molecule has 0 amide bonds. The number of nitrogens with zero attached hydrogens (tertiary/aromatic N) is 1. The van der Waals surface area contributed by atoms with Crippen LogP contribution in [0.3, 0.4) is 0 Å². The van der Waals surface area contributed by atoms with Crippen molar-refractivity contribution >= 4 is 5.78 Å². The van der Waals surface area contributed by atoms with Crippen molar-refractivity contribution in [3.8, 4) is 17.2 Å². The molecule has 0 saturated heterocycles. The van der Waals surface area contributed by atoms with Crippen molar-refractivity contribution in [2.24, 2.45) is 0 Å². The molecule has 0 atom stereocenters. The topological polar surface area (TPSA) is 49.7 Å². The first-order valence-corrected chi connectivity index (χ1v) is 10.0. The summed E-state index contributed by atoms with van der Waals surface area (Å²) in [6.07, 6.45) is 0.880. The fourth-order valence-corrected chi connectivity index (χ4v) is 3.58. The second-order valence-corrected chi connectivity index (χ2v) is 7.40. The fourth-order valence-electron chi connectivity index (χ4n) is 3.58. The number of ether oxygens (including phenoxy) is 3. The van der Waals surface area contributed by atoms with Crippen LogP contribution in [0.25, 0.3) is 0 Å². The summed E-state index contributed by atoms with van der Waals surface area (Å²) in [5, 5.41) is 0. The Balaban J connectivity index is 1.67. The van der Waals surface area contributed by atoms with Gasteiger partial charge in [0.1, 0.15) is 5.75 Å².